The van der Waals surface area contributed by atoms with Gasteiger partial charge in [-0.25, -0.2) is 19.1 Å². The molecule has 4 aromatic rings. The lowest BCUT2D eigenvalue weighted by molar-refractivity contribution is 0.0687. The van der Waals surface area contributed by atoms with Crippen molar-refractivity contribution in [3.8, 4) is 5.69 Å². The molecule has 3 N–H and O–H groups in total. The van der Waals surface area contributed by atoms with Gasteiger partial charge in [0.25, 0.3) is 5.56 Å². The highest BCUT2D eigenvalue weighted by Crippen LogP contribution is 2.30. The number of halogens is 1. The van der Waals surface area contributed by atoms with Gasteiger partial charge in [-0.2, -0.15) is 0 Å². The predicted octanol–water partition coefficient (Wildman–Crippen LogP) is 1.25. The van der Waals surface area contributed by atoms with Crippen LogP contribution < -0.4 is 11.2 Å². The summed E-state index contributed by atoms with van der Waals surface area (Å²) in [6, 6.07) is 4.74. The van der Waals surface area contributed by atoms with Gasteiger partial charge in [0.1, 0.15) is 5.52 Å². The van der Waals surface area contributed by atoms with E-state index in [1.165, 1.54) is 24.0 Å². The van der Waals surface area contributed by atoms with Gasteiger partial charge in [0.2, 0.25) is 0 Å². The molecule has 1 aromatic carbocycles. The normalized spacial score (nSPS) is 11.4. The molecule has 126 valence electrons. The number of carbonyl (C=O) groups is 1. The molecule has 0 unspecified atom stereocenters. The Kier molecular flexibility index (Phi) is 3.09. The lowest BCUT2D eigenvalue weighted by atomic mass is 10.2. The summed E-state index contributed by atoms with van der Waals surface area (Å²) >= 11 is 6.03. The van der Waals surface area contributed by atoms with Crippen molar-refractivity contribution >= 4 is 39.6 Å². The number of aromatic nitrogens is 5. The Balaban J connectivity index is 2.27. The van der Waals surface area contributed by atoms with E-state index in [0.717, 1.165) is 4.57 Å². The van der Waals surface area contributed by atoms with Crippen LogP contribution in [0.2, 0.25) is 5.02 Å². The van der Waals surface area contributed by atoms with E-state index in [0.29, 0.717) is 15.9 Å². The number of hydrogen-bond acceptors (Lipinski definition) is 4. The molecule has 0 fully saturated rings. The average Bonchev–Trinajstić information content (AvgIpc) is 3.11. The molecule has 3 aromatic heterocycles. The first-order chi connectivity index (χ1) is 11.9. The smallest absolute Gasteiger partial charge is 0.354 e. The van der Waals surface area contributed by atoms with Crippen molar-refractivity contribution in [2.24, 2.45) is 7.05 Å². The number of nitrogens with zero attached hydrogens (tertiary/aromatic N) is 3. The number of aromatic carboxylic acids is 1. The number of hydrogen-bond donors (Lipinski definition) is 3. The van der Waals surface area contributed by atoms with E-state index in [2.05, 4.69) is 15.0 Å². The maximum Gasteiger partial charge on any atom is 0.354 e. The Labute approximate surface area is 143 Å². The summed E-state index contributed by atoms with van der Waals surface area (Å²) in [4.78, 5) is 46.0. The third kappa shape index (κ3) is 2.02. The first kappa shape index (κ1) is 15.2. The number of nitrogens with one attached hydrogen (secondary N) is 2. The second-order valence-corrected chi connectivity index (χ2v) is 5.86. The Morgan fingerprint density at radius 1 is 1.32 bits per heavy atom. The zero-order valence-corrected chi connectivity index (χ0v) is 13.5. The first-order valence-electron chi connectivity index (χ1n) is 7.10. The van der Waals surface area contributed by atoms with Crippen LogP contribution in [-0.4, -0.2) is 35.2 Å². The number of aromatic amines is 2. The molecular formula is C15H10ClN5O4. The number of imidazole rings is 1. The van der Waals surface area contributed by atoms with Crippen LogP contribution in [0, 0.1) is 0 Å². The molecule has 0 bridgehead atoms. The third-order valence-electron chi connectivity index (χ3n) is 4.05. The summed E-state index contributed by atoms with van der Waals surface area (Å²) < 4.78 is 2.18. The van der Waals surface area contributed by atoms with Gasteiger partial charge in [-0.15, -0.1) is 0 Å². The van der Waals surface area contributed by atoms with E-state index < -0.39 is 17.2 Å². The van der Waals surface area contributed by atoms with Crippen LogP contribution in [0.3, 0.4) is 0 Å². The van der Waals surface area contributed by atoms with Gasteiger partial charge < -0.3 is 14.7 Å². The summed E-state index contributed by atoms with van der Waals surface area (Å²) in [5.74, 6) is -1.28. The zero-order chi connectivity index (χ0) is 17.9. The fourth-order valence-electron chi connectivity index (χ4n) is 2.98. The monoisotopic (exact) mass is 359 g/mol. The number of carboxylic acids is 1. The van der Waals surface area contributed by atoms with Crippen LogP contribution in [-0.2, 0) is 7.05 Å². The molecule has 3 heterocycles. The van der Waals surface area contributed by atoms with E-state index >= 15 is 0 Å². The number of fused-ring (bicyclic) bond motifs is 2. The molecule has 0 aliphatic heterocycles. The maximum atomic E-state index is 12.8. The third-order valence-corrected chi connectivity index (χ3v) is 4.28. The van der Waals surface area contributed by atoms with Crippen LogP contribution in [0.1, 0.15) is 10.5 Å². The van der Waals surface area contributed by atoms with Gasteiger partial charge in [-0.3, -0.25) is 9.78 Å². The van der Waals surface area contributed by atoms with Gasteiger partial charge in [-0.1, -0.05) is 11.6 Å². The summed E-state index contributed by atoms with van der Waals surface area (Å²) in [7, 11) is 1.54. The zero-order valence-electron chi connectivity index (χ0n) is 12.7. The van der Waals surface area contributed by atoms with E-state index in [4.69, 9.17) is 11.6 Å². The van der Waals surface area contributed by atoms with Crippen LogP contribution in [0.4, 0.5) is 0 Å². The van der Waals surface area contributed by atoms with E-state index in [-0.39, 0.29) is 22.5 Å². The minimum Gasteiger partial charge on any atom is -0.477 e. The number of benzene rings is 1. The first-order valence-corrected chi connectivity index (χ1v) is 7.48. The Morgan fingerprint density at radius 3 is 2.80 bits per heavy atom. The Hall–Kier alpha value is -3.33. The molecule has 0 radical (unpaired) electrons. The standard InChI is InChI=1S/C15H10ClN5O4/c1-20-8-3-2-6(16)4-7(8)10(11(20)14(23)24)21-13(22)9-12(18-5-17-9)19-15(21)25/h2-5H,1H3,(H,17,18)(H,19,25)(H,23,24). The molecule has 4 rings (SSSR count). The fraction of sp³-hybridized carbons (Fsp3) is 0.0667. The second kappa shape index (κ2) is 5.08. The van der Waals surface area contributed by atoms with Crippen molar-refractivity contribution in [3.05, 3.63) is 56.1 Å². The predicted molar refractivity (Wildman–Crippen MR) is 90.8 cm³/mol. The van der Waals surface area contributed by atoms with Crippen LogP contribution in [0.15, 0.2) is 34.1 Å². The summed E-state index contributed by atoms with van der Waals surface area (Å²) in [6.45, 7) is 0. The van der Waals surface area contributed by atoms with Crippen molar-refractivity contribution in [1.82, 2.24) is 24.1 Å². The summed E-state index contributed by atoms with van der Waals surface area (Å²) in [6.07, 6.45) is 1.27. The Morgan fingerprint density at radius 2 is 2.08 bits per heavy atom. The highest BCUT2D eigenvalue weighted by Gasteiger charge is 2.25. The lowest BCUT2D eigenvalue weighted by Gasteiger charge is -2.06. The highest BCUT2D eigenvalue weighted by molar-refractivity contribution is 6.31. The Bertz CT molecular complexity index is 1290. The van der Waals surface area contributed by atoms with Crippen LogP contribution >= 0.6 is 11.6 Å². The van der Waals surface area contributed by atoms with Crippen molar-refractivity contribution in [2.75, 3.05) is 0 Å². The minimum atomic E-state index is -1.28. The van der Waals surface area contributed by atoms with Gasteiger partial charge in [0, 0.05) is 17.5 Å². The molecule has 9 nitrogen and oxygen atoms in total. The minimum absolute atomic E-state index is 0.0461. The molecule has 0 aliphatic carbocycles. The molecule has 0 saturated heterocycles. The summed E-state index contributed by atoms with van der Waals surface area (Å²) in [5.41, 5.74) is -1.06. The summed E-state index contributed by atoms with van der Waals surface area (Å²) in [5, 5.41) is 10.4. The van der Waals surface area contributed by atoms with Gasteiger partial charge in [-0.05, 0) is 18.2 Å². The molecule has 10 heteroatoms. The number of rotatable bonds is 2. The SMILES string of the molecule is Cn1c(C(=O)O)c(-n2c(=O)[nH]c3nc[nH]c3c2=O)c2cc(Cl)ccc21. The largest absolute Gasteiger partial charge is 0.477 e. The number of carboxylic acid groups (broad SMARTS) is 1. The van der Waals surface area contributed by atoms with Gasteiger partial charge in [0.15, 0.2) is 11.3 Å². The van der Waals surface area contributed by atoms with Crippen LogP contribution in [0.5, 0.6) is 0 Å². The molecule has 0 aliphatic rings. The molecule has 0 amide bonds. The molecular weight excluding hydrogens is 350 g/mol. The number of aryl methyl sites for hydroxylation is 1. The molecule has 0 atom stereocenters. The lowest BCUT2D eigenvalue weighted by Crippen LogP contribution is -2.34. The van der Waals surface area contributed by atoms with Crippen molar-refractivity contribution in [3.63, 3.8) is 0 Å². The molecule has 0 spiro atoms. The van der Waals surface area contributed by atoms with Crippen LogP contribution in [0.25, 0.3) is 27.8 Å². The molecule has 0 saturated carbocycles. The fourth-order valence-corrected chi connectivity index (χ4v) is 3.16. The topological polar surface area (TPSA) is 126 Å². The van der Waals surface area contributed by atoms with E-state index in [9.17, 15) is 19.5 Å². The number of H-pyrrole nitrogens is 2. The van der Waals surface area contributed by atoms with E-state index in [1.54, 1.807) is 12.1 Å². The van der Waals surface area contributed by atoms with Crippen molar-refractivity contribution in [2.45, 2.75) is 0 Å². The van der Waals surface area contributed by atoms with Crippen molar-refractivity contribution in [1.29, 1.82) is 0 Å². The second-order valence-electron chi connectivity index (χ2n) is 5.42. The maximum absolute atomic E-state index is 12.8. The quantitative estimate of drug-likeness (QED) is 0.496. The average molecular weight is 360 g/mol. The van der Waals surface area contributed by atoms with Crippen molar-refractivity contribution < 1.29 is 9.90 Å². The van der Waals surface area contributed by atoms with Gasteiger partial charge >= 0.3 is 11.7 Å². The molecule has 25 heavy (non-hydrogen) atoms. The van der Waals surface area contributed by atoms with E-state index in [1.807, 2.05) is 0 Å². The highest BCUT2D eigenvalue weighted by atomic mass is 35.5. The van der Waals surface area contributed by atoms with Gasteiger partial charge in [0.05, 0.1) is 17.5 Å².